The molecule has 0 saturated carbocycles. The minimum Gasteiger partial charge on any atom is -0.386 e. The highest BCUT2D eigenvalue weighted by molar-refractivity contribution is 5.94. The molecule has 30 heavy (non-hydrogen) atoms. The van der Waals surface area contributed by atoms with Crippen molar-refractivity contribution in [3.63, 3.8) is 0 Å². The first-order valence-corrected chi connectivity index (χ1v) is 11.1. The van der Waals surface area contributed by atoms with Gasteiger partial charge in [0, 0.05) is 37.2 Å². The van der Waals surface area contributed by atoms with Crippen LogP contribution < -0.4 is 0 Å². The second-order valence-corrected chi connectivity index (χ2v) is 9.26. The van der Waals surface area contributed by atoms with Crippen LogP contribution in [0, 0.1) is 6.92 Å². The Labute approximate surface area is 178 Å². The monoisotopic (exact) mass is 411 g/mol. The van der Waals surface area contributed by atoms with Crippen molar-refractivity contribution in [2.24, 2.45) is 0 Å². The van der Waals surface area contributed by atoms with E-state index in [-0.39, 0.29) is 5.91 Å². The third-order valence-corrected chi connectivity index (χ3v) is 6.56. The maximum atomic E-state index is 12.9. The van der Waals surface area contributed by atoms with Crippen molar-refractivity contribution in [2.75, 3.05) is 26.2 Å². The molecule has 0 radical (unpaired) electrons. The second kappa shape index (κ2) is 8.47. The number of carbonyl (C=O) groups excluding carboxylic acids is 1. The van der Waals surface area contributed by atoms with E-state index in [0.717, 1.165) is 62.7 Å². The van der Waals surface area contributed by atoms with Gasteiger partial charge in [-0.3, -0.25) is 14.8 Å². The Kier molecular flexibility index (Phi) is 5.93. The molecule has 4 rings (SSSR count). The van der Waals surface area contributed by atoms with Crippen molar-refractivity contribution in [2.45, 2.75) is 64.0 Å². The number of likely N-dealkylation sites (tertiary alicyclic amines) is 2. The molecular weight excluding hydrogens is 378 g/mol. The standard InChI is InChI=1S/C23H33N5O2/c1-16-24-21(26-25-16)18-5-4-12-28(15-18)20-10-13-27(14-11-20)22(29)17-6-8-19(9-7-17)23(2,3)30/h6-9,18,20,30H,4-5,10-15H2,1-3H3,(H,24,25,26). The lowest BCUT2D eigenvalue weighted by Gasteiger charge is -2.42. The summed E-state index contributed by atoms with van der Waals surface area (Å²) in [6, 6.07) is 7.88. The average molecular weight is 412 g/mol. The number of nitrogens with one attached hydrogen (secondary N) is 1. The number of H-pyrrole nitrogens is 1. The van der Waals surface area contributed by atoms with Gasteiger partial charge in [-0.15, -0.1) is 0 Å². The fourth-order valence-corrected chi connectivity index (χ4v) is 4.74. The zero-order chi connectivity index (χ0) is 21.3. The number of piperidine rings is 2. The number of carbonyl (C=O) groups is 1. The fourth-order valence-electron chi connectivity index (χ4n) is 4.74. The molecule has 1 aromatic carbocycles. The molecule has 2 fully saturated rings. The SMILES string of the molecule is Cc1n[nH]c(C2CCCN(C3CCN(C(=O)c4ccc(C(C)(C)O)cc4)CC3)C2)n1. The lowest BCUT2D eigenvalue weighted by Crippen LogP contribution is -2.49. The first-order chi connectivity index (χ1) is 14.3. The van der Waals surface area contributed by atoms with Gasteiger partial charge in [0.05, 0.1) is 5.60 Å². The molecule has 2 aliphatic heterocycles. The third-order valence-electron chi connectivity index (χ3n) is 6.56. The summed E-state index contributed by atoms with van der Waals surface area (Å²) in [5.41, 5.74) is 0.621. The van der Waals surface area contributed by atoms with Crippen molar-refractivity contribution in [3.8, 4) is 0 Å². The third kappa shape index (κ3) is 4.57. The summed E-state index contributed by atoms with van der Waals surface area (Å²) in [6.45, 7) is 9.16. The smallest absolute Gasteiger partial charge is 0.253 e. The van der Waals surface area contributed by atoms with Gasteiger partial charge in [-0.2, -0.15) is 5.10 Å². The van der Waals surface area contributed by atoms with Crippen molar-refractivity contribution < 1.29 is 9.90 Å². The van der Waals surface area contributed by atoms with Gasteiger partial charge >= 0.3 is 0 Å². The van der Waals surface area contributed by atoms with E-state index in [1.807, 2.05) is 36.1 Å². The van der Waals surface area contributed by atoms with Gasteiger partial charge in [0.15, 0.2) is 0 Å². The molecule has 3 heterocycles. The van der Waals surface area contributed by atoms with Crippen LogP contribution in [0.4, 0.5) is 0 Å². The Balaban J connectivity index is 1.32. The van der Waals surface area contributed by atoms with Gasteiger partial charge in [0.1, 0.15) is 11.6 Å². The van der Waals surface area contributed by atoms with Gasteiger partial charge in [-0.25, -0.2) is 4.98 Å². The van der Waals surface area contributed by atoms with Crippen LogP contribution in [0.15, 0.2) is 24.3 Å². The van der Waals surface area contributed by atoms with E-state index in [2.05, 4.69) is 20.1 Å². The maximum Gasteiger partial charge on any atom is 0.253 e. The maximum absolute atomic E-state index is 12.9. The zero-order valence-corrected chi connectivity index (χ0v) is 18.3. The molecule has 2 N–H and O–H groups in total. The van der Waals surface area contributed by atoms with E-state index in [4.69, 9.17) is 0 Å². The van der Waals surface area contributed by atoms with Crippen molar-refractivity contribution in [1.29, 1.82) is 0 Å². The highest BCUT2D eigenvalue weighted by Gasteiger charge is 2.32. The molecule has 2 saturated heterocycles. The minimum atomic E-state index is -0.892. The Morgan fingerprint density at radius 2 is 1.83 bits per heavy atom. The van der Waals surface area contributed by atoms with Crippen LogP contribution in [0.1, 0.15) is 73.0 Å². The molecule has 2 aromatic rings. The Morgan fingerprint density at radius 1 is 1.13 bits per heavy atom. The Bertz CT molecular complexity index is 862. The lowest BCUT2D eigenvalue weighted by atomic mass is 9.93. The molecule has 1 amide bonds. The highest BCUT2D eigenvalue weighted by atomic mass is 16.3. The number of nitrogens with zero attached hydrogens (tertiary/aromatic N) is 4. The number of rotatable bonds is 4. The number of amides is 1. The number of aryl methyl sites for hydroxylation is 1. The van der Waals surface area contributed by atoms with Gasteiger partial charge in [-0.05, 0) is 70.7 Å². The molecule has 7 nitrogen and oxygen atoms in total. The molecule has 2 aliphatic rings. The summed E-state index contributed by atoms with van der Waals surface area (Å²) >= 11 is 0. The zero-order valence-electron chi connectivity index (χ0n) is 18.3. The molecule has 1 atom stereocenters. The first-order valence-electron chi connectivity index (χ1n) is 11.1. The van der Waals surface area contributed by atoms with E-state index >= 15 is 0 Å². The van der Waals surface area contributed by atoms with Crippen LogP contribution in [-0.4, -0.2) is 68.2 Å². The van der Waals surface area contributed by atoms with Crippen molar-refractivity contribution in [3.05, 3.63) is 47.0 Å². The van der Waals surface area contributed by atoms with Crippen molar-refractivity contribution in [1.82, 2.24) is 25.0 Å². The van der Waals surface area contributed by atoms with E-state index in [0.29, 0.717) is 17.5 Å². The molecule has 1 unspecified atom stereocenters. The number of hydrogen-bond donors (Lipinski definition) is 2. The number of aromatic nitrogens is 3. The van der Waals surface area contributed by atoms with Crippen molar-refractivity contribution >= 4 is 5.91 Å². The van der Waals surface area contributed by atoms with Gasteiger partial charge in [0.25, 0.3) is 5.91 Å². The quantitative estimate of drug-likeness (QED) is 0.808. The molecule has 0 bridgehead atoms. The van der Waals surface area contributed by atoms with Crippen LogP contribution >= 0.6 is 0 Å². The van der Waals surface area contributed by atoms with Gasteiger partial charge < -0.3 is 10.0 Å². The number of hydrogen-bond acceptors (Lipinski definition) is 5. The number of aliphatic hydroxyl groups is 1. The molecule has 0 spiro atoms. The summed E-state index contributed by atoms with van der Waals surface area (Å²) in [4.78, 5) is 22.0. The molecular formula is C23H33N5O2. The van der Waals surface area contributed by atoms with E-state index in [9.17, 15) is 9.90 Å². The van der Waals surface area contributed by atoms with Gasteiger partial charge in [0.2, 0.25) is 0 Å². The normalized spacial score (nSPS) is 21.7. The van der Waals surface area contributed by atoms with Crippen LogP contribution in [0.5, 0.6) is 0 Å². The average Bonchev–Trinajstić information content (AvgIpc) is 3.19. The van der Waals surface area contributed by atoms with Crippen LogP contribution in [0.3, 0.4) is 0 Å². The Hall–Kier alpha value is -2.25. The van der Waals surface area contributed by atoms with Crippen LogP contribution in [0.2, 0.25) is 0 Å². The van der Waals surface area contributed by atoms with Gasteiger partial charge in [-0.1, -0.05) is 12.1 Å². The van der Waals surface area contributed by atoms with Crippen LogP contribution in [-0.2, 0) is 5.60 Å². The van der Waals surface area contributed by atoms with Crippen LogP contribution in [0.25, 0.3) is 0 Å². The predicted octanol–water partition coefficient (Wildman–Crippen LogP) is 2.82. The minimum absolute atomic E-state index is 0.0874. The molecule has 0 aliphatic carbocycles. The summed E-state index contributed by atoms with van der Waals surface area (Å²) < 4.78 is 0. The lowest BCUT2D eigenvalue weighted by molar-refractivity contribution is 0.0567. The summed E-state index contributed by atoms with van der Waals surface area (Å²) in [7, 11) is 0. The topological polar surface area (TPSA) is 85.4 Å². The van der Waals surface area contributed by atoms with E-state index < -0.39 is 5.60 Å². The number of aromatic amines is 1. The molecule has 162 valence electrons. The predicted molar refractivity (Wildman–Crippen MR) is 115 cm³/mol. The largest absolute Gasteiger partial charge is 0.386 e. The fraction of sp³-hybridized carbons (Fsp3) is 0.609. The van der Waals surface area contributed by atoms with E-state index in [1.165, 1.54) is 6.42 Å². The summed E-state index contributed by atoms with van der Waals surface area (Å²) in [6.07, 6.45) is 4.35. The molecule has 1 aromatic heterocycles. The first kappa shape index (κ1) is 21.0. The second-order valence-electron chi connectivity index (χ2n) is 9.26. The number of benzene rings is 1. The molecule has 7 heteroatoms. The highest BCUT2D eigenvalue weighted by Crippen LogP contribution is 2.29. The summed E-state index contributed by atoms with van der Waals surface area (Å²) in [5, 5.41) is 17.4. The summed E-state index contributed by atoms with van der Waals surface area (Å²) in [5.74, 6) is 2.34. The Morgan fingerprint density at radius 3 is 2.43 bits per heavy atom. The van der Waals surface area contributed by atoms with E-state index in [1.54, 1.807) is 13.8 Å².